The molecule has 3 aromatic rings. The van der Waals surface area contributed by atoms with Gasteiger partial charge < -0.3 is 9.64 Å². The van der Waals surface area contributed by atoms with Crippen LogP contribution < -0.4 is 9.64 Å². The van der Waals surface area contributed by atoms with E-state index in [0.29, 0.717) is 18.2 Å². The van der Waals surface area contributed by atoms with Gasteiger partial charge in [0.05, 0.1) is 11.2 Å². The Balaban J connectivity index is 1.76. The van der Waals surface area contributed by atoms with Crippen molar-refractivity contribution in [2.45, 2.75) is 19.8 Å². The fraction of sp³-hybridized carbons (Fsp3) is 0.211. The molecular weight excluding hydrogens is 370 g/mol. The lowest BCUT2D eigenvalue weighted by Crippen LogP contribution is -2.34. The van der Waals surface area contributed by atoms with E-state index in [0.717, 1.165) is 34.3 Å². The van der Waals surface area contributed by atoms with Crippen LogP contribution in [-0.4, -0.2) is 22.4 Å². The quantitative estimate of drug-likeness (QED) is 0.485. The Kier molecular flexibility index (Phi) is 4.49. The lowest BCUT2D eigenvalue weighted by molar-refractivity contribution is -0.113. The summed E-state index contributed by atoms with van der Waals surface area (Å²) in [5.74, 6) is 6.19. The van der Waals surface area contributed by atoms with E-state index in [1.54, 1.807) is 11.8 Å². The van der Waals surface area contributed by atoms with Crippen molar-refractivity contribution in [3.63, 3.8) is 0 Å². The number of carbonyl (C=O) groups excluding carboxylic acids is 1. The number of amides is 1. The first-order chi connectivity index (χ1) is 12.7. The maximum atomic E-state index is 12.3. The second-order valence-corrected chi connectivity index (χ2v) is 6.98. The van der Waals surface area contributed by atoms with Gasteiger partial charge in [0.25, 0.3) is 0 Å². The molecule has 1 aliphatic heterocycles. The van der Waals surface area contributed by atoms with E-state index < -0.39 is 0 Å². The molecule has 0 saturated carbocycles. The third-order valence-corrected chi connectivity index (χ3v) is 5.20. The summed E-state index contributed by atoms with van der Waals surface area (Å²) in [5, 5.41) is 2.07. The number of benzene rings is 1. The predicted octanol–water partition coefficient (Wildman–Crippen LogP) is 4.44. The number of aromatic nitrogens is 2. The molecule has 0 aliphatic carbocycles. The van der Waals surface area contributed by atoms with Crippen molar-refractivity contribution in [1.82, 2.24) is 9.97 Å². The van der Waals surface area contributed by atoms with Crippen molar-refractivity contribution in [3.8, 4) is 23.5 Å². The summed E-state index contributed by atoms with van der Waals surface area (Å²) < 4.78 is 6.96. The van der Waals surface area contributed by atoms with Crippen LogP contribution in [0.2, 0.25) is 5.28 Å². The summed E-state index contributed by atoms with van der Waals surface area (Å²) in [6.45, 7) is 2.31. The van der Waals surface area contributed by atoms with Gasteiger partial charge in [-0.15, -0.1) is 11.3 Å². The molecule has 130 valence electrons. The first-order valence-electron chi connectivity index (χ1n) is 8.12. The van der Waals surface area contributed by atoms with Crippen LogP contribution in [0.4, 0.5) is 5.69 Å². The van der Waals surface area contributed by atoms with Crippen LogP contribution in [0.3, 0.4) is 0 Å². The molecule has 1 aliphatic rings. The van der Waals surface area contributed by atoms with Crippen molar-refractivity contribution in [2.75, 3.05) is 11.4 Å². The lowest BCUT2D eigenvalue weighted by Gasteiger charge is -2.29. The predicted molar refractivity (Wildman–Crippen MR) is 103 cm³/mol. The average Bonchev–Trinajstić information content (AvgIpc) is 3.10. The number of thiophene rings is 1. The molecule has 7 heteroatoms. The number of hydrogen-bond donors (Lipinski definition) is 0. The maximum absolute atomic E-state index is 12.3. The number of anilines is 1. The van der Waals surface area contributed by atoms with Crippen LogP contribution in [0.5, 0.6) is 11.6 Å². The second-order valence-electron chi connectivity index (χ2n) is 5.72. The average molecular weight is 384 g/mol. The van der Waals surface area contributed by atoms with Crippen molar-refractivity contribution in [3.05, 3.63) is 40.5 Å². The van der Waals surface area contributed by atoms with Gasteiger partial charge in [0.1, 0.15) is 10.4 Å². The Morgan fingerprint density at radius 2 is 2.23 bits per heavy atom. The number of hydrogen-bond acceptors (Lipinski definition) is 5. The first kappa shape index (κ1) is 16.8. The largest absolute Gasteiger partial charge is 0.437 e. The molecule has 1 amide bonds. The number of fused-ring (bicyclic) bond motifs is 2. The Hall–Kier alpha value is -2.62. The Labute approximate surface area is 159 Å². The standard InChI is InChI=1S/C19H14ClN3O2S/c1-2-5-16(24)23-10-4-6-12-14(23)7-3-8-15(12)25-18-17-13(9-11-26-17)21-19(20)22-18/h3,7-9,11H,4,6,10H2,1H3. The van der Waals surface area contributed by atoms with Gasteiger partial charge in [0.15, 0.2) is 0 Å². The van der Waals surface area contributed by atoms with Gasteiger partial charge in [-0.3, -0.25) is 4.79 Å². The monoisotopic (exact) mass is 383 g/mol. The maximum Gasteiger partial charge on any atom is 0.302 e. The number of rotatable bonds is 2. The number of carbonyl (C=O) groups is 1. The summed E-state index contributed by atoms with van der Waals surface area (Å²) in [6.07, 6.45) is 1.67. The number of halogens is 1. The van der Waals surface area contributed by atoms with Gasteiger partial charge in [-0.25, -0.2) is 4.98 Å². The highest BCUT2D eigenvalue weighted by Gasteiger charge is 2.24. The highest BCUT2D eigenvalue weighted by Crippen LogP contribution is 2.38. The molecule has 0 atom stereocenters. The zero-order valence-corrected chi connectivity index (χ0v) is 15.5. The minimum Gasteiger partial charge on any atom is -0.437 e. The first-order valence-corrected chi connectivity index (χ1v) is 9.38. The second kappa shape index (κ2) is 6.94. The molecular formula is C19H14ClN3O2S. The highest BCUT2D eigenvalue weighted by atomic mass is 35.5. The molecule has 5 nitrogen and oxygen atoms in total. The number of nitrogens with zero attached hydrogens (tertiary/aromatic N) is 3. The zero-order chi connectivity index (χ0) is 18.1. The molecule has 0 saturated heterocycles. The molecule has 0 unspecified atom stereocenters. The number of ether oxygens (including phenoxy) is 1. The minimum absolute atomic E-state index is 0.144. The SMILES string of the molecule is CC#CC(=O)N1CCCc2c(Oc3nc(Cl)nc4ccsc34)cccc21. The van der Waals surface area contributed by atoms with E-state index in [1.807, 2.05) is 29.6 Å². The summed E-state index contributed by atoms with van der Waals surface area (Å²) in [6, 6.07) is 7.55. The minimum atomic E-state index is -0.198. The van der Waals surface area contributed by atoms with Crippen LogP contribution >= 0.6 is 22.9 Å². The van der Waals surface area contributed by atoms with Crippen molar-refractivity contribution in [1.29, 1.82) is 0 Å². The van der Waals surface area contributed by atoms with Crippen molar-refractivity contribution >= 4 is 44.7 Å². The van der Waals surface area contributed by atoms with Crippen molar-refractivity contribution < 1.29 is 9.53 Å². The van der Waals surface area contributed by atoms with Gasteiger partial charge in [-0.1, -0.05) is 12.0 Å². The van der Waals surface area contributed by atoms with E-state index in [9.17, 15) is 4.79 Å². The van der Waals surface area contributed by atoms with Crippen LogP contribution in [-0.2, 0) is 11.2 Å². The molecule has 0 radical (unpaired) electrons. The Morgan fingerprint density at radius 1 is 1.35 bits per heavy atom. The van der Waals surface area contributed by atoms with Gasteiger partial charge in [-0.2, -0.15) is 4.98 Å². The Morgan fingerprint density at radius 3 is 3.08 bits per heavy atom. The molecule has 0 bridgehead atoms. The van der Waals surface area contributed by atoms with E-state index >= 15 is 0 Å². The van der Waals surface area contributed by atoms with Gasteiger partial charge in [0.2, 0.25) is 11.2 Å². The third kappa shape index (κ3) is 3.00. The topological polar surface area (TPSA) is 55.3 Å². The van der Waals surface area contributed by atoms with Gasteiger partial charge >= 0.3 is 5.91 Å². The smallest absolute Gasteiger partial charge is 0.302 e. The summed E-state index contributed by atoms with van der Waals surface area (Å²) in [5.41, 5.74) is 2.57. The van der Waals surface area contributed by atoms with Crippen LogP contribution in [0.1, 0.15) is 18.9 Å². The molecule has 0 fully saturated rings. The molecule has 26 heavy (non-hydrogen) atoms. The Bertz CT molecular complexity index is 1070. The fourth-order valence-corrected chi connectivity index (χ4v) is 3.98. The van der Waals surface area contributed by atoms with E-state index in [2.05, 4.69) is 21.8 Å². The third-order valence-electron chi connectivity index (χ3n) is 4.14. The highest BCUT2D eigenvalue weighted by molar-refractivity contribution is 7.17. The summed E-state index contributed by atoms with van der Waals surface area (Å²) in [4.78, 5) is 22.4. The summed E-state index contributed by atoms with van der Waals surface area (Å²) >= 11 is 7.52. The van der Waals surface area contributed by atoms with Crippen LogP contribution in [0, 0.1) is 11.8 Å². The van der Waals surface area contributed by atoms with Gasteiger partial charge in [0, 0.05) is 12.1 Å². The molecule has 1 aromatic carbocycles. The fourth-order valence-electron chi connectivity index (χ4n) is 3.06. The lowest BCUT2D eigenvalue weighted by atomic mass is 10.0. The molecule has 4 rings (SSSR count). The summed E-state index contributed by atoms with van der Waals surface area (Å²) in [7, 11) is 0. The normalized spacial score (nSPS) is 13.1. The molecule has 0 spiro atoms. The zero-order valence-electron chi connectivity index (χ0n) is 14.0. The molecule has 2 aromatic heterocycles. The van der Waals surface area contributed by atoms with E-state index in [4.69, 9.17) is 16.3 Å². The van der Waals surface area contributed by atoms with Crippen molar-refractivity contribution in [2.24, 2.45) is 0 Å². The van der Waals surface area contributed by atoms with Crippen LogP contribution in [0.25, 0.3) is 10.2 Å². The van der Waals surface area contributed by atoms with Crippen LogP contribution in [0.15, 0.2) is 29.6 Å². The molecule has 3 heterocycles. The van der Waals surface area contributed by atoms with Gasteiger partial charge in [-0.05, 0) is 60.9 Å². The molecule has 0 N–H and O–H groups in total. The van der Waals surface area contributed by atoms with E-state index in [-0.39, 0.29) is 11.2 Å². The van der Waals surface area contributed by atoms with E-state index in [1.165, 1.54) is 11.3 Å².